The van der Waals surface area contributed by atoms with Crippen LogP contribution in [0.15, 0.2) is 22.1 Å². The topological polar surface area (TPSA) is 24.9 Å². The van der Waals surface area contributed by atoms with Gasteiger partial charge in [-0.25, -0.2) is 4.98 Å². The Kier molecular flexibility index (Phi) is 3.88. The average Bonchev–Trinajstić information content (AvgIpc) is 2.71. The molecule has 1 N–H and O–H groups in total. The summed E-state index contributed by atoms with van der Waals surface area (Å²) >= 11 is 7.06. The first-order valence-electron chi connectivity index (χ1n) is 4.57. The second kappa shape index (κ2) is 5.18. The van der Waals surface area contributed by atoms with Gasteiger partial charge in [0.25, 0.3) is 0 Å². The van der Waals surface area contributed by atoms with E-state index in [4.69, 9.17) is 0 Å². The molecule has 0 unspecified atom stereocenters. The minimum atomic E-state index is 0.961. The van der Waals surface area contributed by atoms with Crippen LogP contribution in [-0.2, 0) is 0 Å². The zero-order valence-corrected chi connectivity index (χ0v) is 11.5. The molecule has 0 radical (unpaired) electrons. The number of hydrogen-bond donors (Lipinski definition) is 1. The van der Waals surface area contributed by atoms with Crippen LogP contribution in [0.4, 0.5) is 5.82 Å². The van der Waals surface area contributed by atoms with Crippen LogP contribution >= 0.6 is 39.0 Å². The van der Waals surface area contributed by atoms with Gasteiger partial charge in [-0.15, -0.1) is 11.3 Å². The Bertz CT molecular complexity index is 456. The highest BCUT2D eigenvalue weighted by Crippen LogP contribution is 2.32. The highest BCUT2D eigenvalue weighted by molar-refractivity contribution is 9.10. The molecule has 0 atom stereocenters. The first kappa shape index (κ1) is 11.2. The van der Waals surface area contributed by atoms with E-state index in [0.29, 0.717) is 0 Å². The van der Waals surface area contributed by atoms with Crippen LogP contribution in [0, 0.1) is 0 Å². The zero-order valence-electron chi connectivity index (χ0n) is 8.29. The Morgan fingerprint density at radius 3 is 3.27 bits per heavy atom. The van der Waals surface area contributed by atoms with Gasteiger partial charge in [-0.05, 0) is 33.6 Å². The molecular formula is C10H11BrN2S2. The van der Waals surface area contributed by atoms with Crippen molar-refractivity contribution in [1.29, 1.82) is 0 Å². The normalized spacial score (nSPS) is 10.8. The van der Waals surface area contributed by atoms with E-state index in [1.54, 1.807) is 11.3 Å². The molecule has 80 valence electrons. The molecule has 2 rings (SSSR count). The predicted octanol–water partition coefficient (Wildman–Crippen LogP) is 3.83. The summed E-state index contributed by atoms with van der Waals surface area (Å²) in [5.41, 5.74) is 0. The maximum atomic E-state index is 4.39. The lowest BCUT2D eigenvalue weighted by atomic mass is 10.3. The Morgan fingerprint density at radius 1 is 1.60 bits per heavy atom. The average molecular weight is 303 g/mol. The molecule has 2 heterocycles. The van der Waals surface area contributed by atoms with E-state index in [0.717, 1.165) is 22.6 Å². The molecule has 15 heavy (non-hydrogen) atoms. The van der Waals surface area contributed by atoms with Crippen LogP contribution in [0.3, 0.4) is 0 Å². The molecule has 2 aromatic heterocycles. The molecule has 0 fully saturated rings. The summed E-state index contributed by atoms with van der Waals surface area (Å²) in [5, 5.41) is 6.69. The minimum Gasteiger partial charge on any atom is -0.368 e. The number of thioether (sulfide) groups is 1. The van der Waals surface area contributed by atoms with Gasteiger partial charge in [-0.2, -0.15) is 11.8 Å². The van der Waals surface area contributed by atoms with Gasteiger partial charge in [0.15, 0.2) is 0 Å². The van der Waals surface area contributed by atoms with Crippen LogP contribution in [-0.4, -0.2) is 23.5 Å². The van der Waals surface area contributed by atoms with Gasteiger partial charge in [-0.1, -0.05) is 0 Å². The number of fused-ring (bicyclic) bond motifs is 1. The van der Waals surface area contributed by atoms with Gasteiger partial charge in [0.1, 0.15) is 5.82 Å². The van der Waals surface area contributed by atoms with Crippen LogP contribution < -0.4 is 5.32 Å². The molecule has 2 aromatic rings. The van der Waals surface area contributed by atoms with Crippen LogP contribution in [0.25, 0.3) is 10.1 Å². The maximum Gasteiger partial charge on any atom is 0.144 e. The molecule has 0 aliphatic carbocycles. The van der Waals surface area contributed by atoms with Gasteiger partial charge < -0.3 is 5.32 Å². The van der Waals surface area contributed by atoms with Crippen molar-refractivity contribution in [2.75, 3.05) is 23.9 Å². The molecule has 0 spiro atoms. The van der Waals surface area contributed by atoms with Gasteiger partial charge >= 0.3 is 0 Å². The van der Waals surface area contributed by atoms with Crippen molar-refractivity contribution in [3.63, 3.8) is 0 Å². The summed E-state index contributed by atoms with van der Waals surface area (Å²) in [6.07, 6.45) is 3.97. The van der Waals surface area contributed by atoms with Crippen LogP contribution in [0.5, 0.6) is 0 Å². The summed E-state index contributed by atoms with van der Waals surface area (Å²) < 4.78 is 2.29. The molecule has 0 bridgehead atoms. The number of pyridine rings is 1. The smallest absolute Gasteiger partial charge is 0.144 e. The largest absolute Gasteiger partial charge is 0.368 e. The highest BCUT2D eigenvalue weighted by Gasteiger charge is 2.06. The van der Waals surface area contributed by atoms with E-state index in [1.165, 1.54) is 10.1 Å². The summed E-state index contributed by atoms with van der Waals surface area (Å²) in [5.74, 6) is 2.10. The Balaban J connectivity index is 2.27. The standard InChI is InChI=1S/C10H11BrN2S2/c1-14-5-3-12-10-9-7(2-4-15-9)8(11)6-13-10/h2,4,6H,3,5H2,1H3,(H,12,13). The number of anilines is 1. The van der Waals surface area contributed by atoms with Crippen molar-refractivity contribution in [3.8, 4) is 0 Å². The summed E-state index contributed by atoms with van der Waals surface area (Å²) in [4.78, 5) is 4.39. The Hall–Kier alpha value is -0.260. The van der Waals surface area contributed by atoms with Gasteiger partial charge in [0, 0.05) is 28.4 Å². The van der Waals surface area contributed by atoms with Gasteiger partial charge in [0.2, 0.25) is 0 Å². The molecule has 0 saturated carbocycles. The summed E-state index contributed by atoms with van der Waals surface area (Å²) in [6.45, 7) is 0.961. The fourth-order valence-electron chi connectivity index (χ4n) is 1.33. The number of thiophene rings is 1. The number of halogens is 1. The second-order valence-corrected chi connectivity index (χ2v) is 5.79. The van der Waals surface area contributed by atoms with Gasteiger partial charge in [-0.3, -0.25) is 0 Å². The molecule has 0 aromatic carbocycles. The molecule has 2 nitrogen and oxygen atoms in total. The minimum absolute atomic E-state index is 0.961. The van der Waals surface area contributed by atoms with Crippen molar-refractivity contribution in [2.45, 2.75) is 0 Å². The molecule has 0 aliphatic heterocycles. The summed E-state index contributed by atoms with van der Waals surface area (Å²) in [7, 11) is 0. The first-order chi connectivity index (χ1) is 7.33. The van der Waals surface area contributed by atoms with Crippen molar-refractivity contribution in [3.05, 3.63) is 22.1 Å². The van der Waals surface area contributed by atoms with E-state index in [2.05, 4.69) is 43.9 Å². The number of nitrogens with zero attached hydrogens (tertiary/aromatic N) is 1. The van der Waals surface area contributed by atoms with E-state index < -0.39 is 0 Å². The van der Waals surface area contributed by atoms with E-state index in [9.17, 15) is 0 Å². The van der Waals surface area contributed by atoms with E-state index in [-0.39, 0.29) is 0 Å². The molecular weight excluding hydrogens is 292 g/mol. The number of aromatic nitrogens is 1. The lowest BCUT2D eigenvalue weighted by molar-refractivity contribution is 1.18. The Morgan fingerprint density at radius 2 is 2.47 bits per heavy atom. The molecule has 0 saturated heterocycles. The van der Waals surface area contributed by atoms with E-state index in [1.807, 2.05) is 18.0 Å². The fourth-order valence-corrected chi connectivity index (χ4v) is 3.08. The monoisotopic (exact) mass is 302 g/mol. The molecule has 5 heteroatoms. The SMILES string of the molecule is CSCCNc1ncc(Br)c2ccsc12. The maximum absolute atomic E-state index is 4.39. The van der Waals surface area contributed by atoms with E-state index >= 15 is 0 Å². The molecule has 0 aliphatic rings. The second-order valence-electron chi connectivity index (χ2n) is 3.04. The lowest BCUT2D eigenvalue weighted by Gasteiger charge is -2.05. The van der Waals surface area contributed by atoms with Crippen molar-refractivity contribution in [2.24, 2.45) is 0 Å². The van der Waals surface area contributed by atoms with Crippen molar-refractivity contribution < 1.29 is 0 Å². The Labute approximate surface area is 106 Å². The van der Waals surface area contributed by atoms with Crippen molar-refractivity contribution in [1.82, 2.24) is 4.98 Å². The third-order valence-corrected chi connectivity index (χ3v) is 4.21. The number of rotatable bonds is 4. The third-order valence-electron chi connectivity index (χ3n) is 2.04. The van der Waals surface area contributed by atoms with Crippen LogP contribution in [0.1, 0.15) is 0 Å². The summed E-state index contributed by atoms with van der Waals surface area (Å²) in [6, 6.07) is 2.12. The predicted molar refractivity (Wildman–Crippen MR) is 74.2 cm³/mol. The quantitative estimate of drug-likeness (QED) is 0.869. The first-order valence-corrected chi connectivity index (χ1v) is 7.64. The van der Waals surface area contributed by atoms with Gasteiger partial charge in [0.05, 0.1) is 4.70 Å². The lowest BCUT2D eigenvalue weighted by Crippen LogP contribution is -2.05. The number of nitrogens with one attached hydrogen (secondary N) is 1. The fraction of sp³-hybridized carbons (Fsp3) is 0.300. The number of hydrogen-bond acceptors (Lipinski definition) is 4. The third kappa shape index (κ3) is 2.46. The van der Waals surface area contributed by atoms with Crippen LogP contribution in [0.2, 0.25) is 0 Å². The van der Waals surface area contributed by atoms with Crippen molar-refractivity contribution >= 4 is 54.9 Å². The molecule has 0 amide bonds. The highest BCUT2D eigenvalue weighted by atomic mass is 79.9. The zero-order chi connectivity index (χ0) is 10.7.